The summed E-state index contributed by atoms with van der Waals surface area (Å²) in [4.78, 5) is 15.5. The highest BCUT2D eigenvalue weighted by molar-refractivity contribution is 7.02. The highest BCUT2D eigenvalue weighted by atomic mass is 15.2. The number of hydrogen-bond acceptors (Lipinski definition) is 6. The number of benzene rings is 15. The molecule has 6 heterocycles. The smallest absolute Gasteiger partial charge is 0.252 e. The fourth-order valence-corrected chi connectivity index (χ4v) is 19.9. The van der Waals surface area contributed by atoms with Crippen LogP contribution in [0.2, 0.25) is 0 Å². The molecule has 0 radical (unpaired) electrons. The van der Waals surface area contributed by atoms with Crippen LogP contribution in [0, 0.1) is 62.3 Å². The highest BCUT2D eigenvalue weighted by Gasteiger charge is 2.54. The third-order valence-corrected chi connectivity index (χ3v) is 24.9. The van der Waals surface area contributed by atoms with Crippen molar-refractivity contribution in [2.75, 3.05) is 29.4 Å². The minimum atomic E-state index is -1.02. The molecule has 0 fully saturated rings. The van der Waals surface area contributed by atoms with Gasteiger partial charge in [-0.3, -0.25) is 0 Å². The van der Waals surface area contributed by atoms with Crippen molar-refractivity contribution in [1.29, 1.82) is 0 Å². The summed E-state index contributed by atoms with van der Waals surface area (Å²) in [6.45, 7) is 22.0. The normalized spacial score (nSPS) is 13.7. The minimum Gasteiger partial charge on any atom is -0.311 e. The van der Waals surface area contributed by atoms with Crippen LogP contribution < -0.4 is 78.6 Å². The van der Waals surface area contributed by atoms with Gasteiger partial charge in [-0.15, -0.1) is 0 Å². The third kappa shape index (κ3) is 9.65. The van der Waals surface area contributed by atoms with E-state index in [-0.39, 0.29) is 20.1 Å². The molecule has 0 saturated heterocycles. The van der Waals surface area contributed by atoms with Gasteiger partial charge in [-0.25, -0.2) is 0 Å². The van der Waals surface area contributed by atoms with Crippen LogP contribution in [0.1, 0.15) is 73.7 Å². The van der Waals surface area contributed by atoms with E-state index in [1.54, 1.807) is 0 Å². The van der Waals surface area contributed by atoms with Crippen molar-refractivity contribution >= 4 is 172 Å². The van der Waals surface area contributed by atoms with Gasteiger partial charge in [0, 0.05) is 108 Å². The molecule has 0 atom stereocenters. The third-order valence-electron chi connectivity index (χ3n) is 24.9. The van der Waals surface area contributed by atoms with Crippen LogP contribution in [0.25, 0.3) is 0 Å². The Balaban J connectivity index is 0.942. The SMILES string of the molecule is Cc1ccc(N2c3ccc(C)cc3B3c4c2cccc4N(c2ccc(C)cc2)c2cccc(C(C)(c4cccc5c4B4c6cc(C)ccc6N(c6ccc(C)cc6)c6cccc(c64)N5c4ccc(C)cc4)c4cccc5c4B4c6cc(C)ccc6N(c6ccc(C)cc6)c6cccc(c64)N5c4ccc(C)cc4)c23)cc1. The van der Waals surface area contributed by atoms with Crippen molar-refractivity contribution in [2.24, 2.45) is 0 Å². The molecule has 6 nitrogen and oxygen atoms in total. The van der Waals surface area contributed by atoms with Crippen LogP contribution in [-0.2, 0) is 5.41 Å². The van der Waals surface area contributed by atoms with Crippen molar-refractivity contribution in [2.45, 2.75) is 74.7 Å². The van der Waals surface area contributed by atoms with Gasteiger partial charge >= 0.3 is 0 Å². The second-order valence-electron chi connectivity index (χ2n) is 32.0. The number of nitrogens with zero attached hydrogens (tertiary/aromatic N) is 6. The van der Waals surface area contributed by atoms with Crippen molar-refractivity contribution in [3.8, 4) is 0 Å². The zero-order chi connectivity index (χ0) is 74.3. The Morgan fingerprint density at radius 3 is 0.564 bits per heavy atom. The van der Waals surface area contributed by atoms with E-state index in [4.69, 9.17) is 0 Å². The molecular formula is C101H81B3N6. The Kier molecular flexibility index (Phi) is 14.7. The van der Waals surface area contributed by atoms with Crippen LogP contribution in [0.4, 0.5) is 102 Å². The summed E-state index contributed by atoms with van der Waals surface area (Å²) < 4.78 is 0. The lowest BCUT2D eigenvalue weighted by atomic mass is 9.29. The van der Waals surface area contributed by atoms with Gasteiger partial charge in [0.2, 0.25) is 0 Å². The first kappa shape index (κ1) is 65.6. The van der Waals surface area contributed by atoms with Gasteiger partial charge in [0.15, 0.2) is 0 Å². The van der Waals surface area contributed by atoms with E-state index in [2.05, 4.69) is 408 Å². The van der Waals surface area contributed by atoms with E-state index in [1.807, 2.05) is 0 Å². The molecule has 0 bridgehead atoms. The number of hydrogen-bond donors (Lipinski definition) is 0. The molecule has 15 aromatic rings. The van der Waals surface area contributed by atoms with Crippen molar-refractivity contribution < 1.29 is 0 Å². The molecule has 0 unspecified atom stereocenters. The molecular weight excluding hydrogens is 1330 g/mol. The highest BCUT2D eigenvalue weighted by Crippen LogP contribution is 2.53. The lowest BCUT2D eigenvalue weighted by molar-refractivity contribution is 0.705. The Morgan fingerprint density at radius 1 is 0.182 bits per heavy atom. The monoisotopic (exact) mass is 1410 g/mol. The van der Waals surface area contributed by atoms with Crippen LogP contribution >= 0.6 is 0 Å². The average molecular weight is 1410 g/mol. The fraction of sp³-hybridized carbons (Fsp3) is 0.109. The van der Waals surface area contributed by atoms with Crippen molar-refractivity contribution in [3.63, 3.8) is 0 Å². The molecule has 21 rings (SSSR count). The zero-order valence-corrected chi connectivity index (χ0v) is 63.9. The molecule has 110 heavy (non-hydrogen) atoms. The largest absolute Gasteiger partial charge is 0.311 e. The Labute approximate surface area is 647 Å². The summed E-state index contributed by atoms with van der Waals surface area (Å²) in [5.74, 6) is 0. The predicted molar refractivity (Wildman–Crippen MR) is 470 cm³/mol. The van der Waals surface area contributed by atoms with E-state index in [0.717, 1.165) is 34.1 Å². The molecule has 15 aromatic carbocycles. The number of fused-ring (bicyclic) bond motifs is 12. The standard InChI is InChI=1S/C101H81B3N6/c1-62-29-44-71(45-30-62)105-83-56-41-68(7)59-80(83)102-95-77(17-11-20-86(95)108(74-50-35-65(4)36-51-74)92-26-14-23-89(105)98(92)102)101(10,78-18-12-21-87-96(78)103-81-60-69(8)42-57-84(81)106(72-46-31-63(2)32-47-72)90-24-15-27-93(99(90)103)109(87)75-52-37-66(5)38-53-75)79-19-13-22-88-97(79)104-82-61-70(9)43-58-85(82)107(73-48-33-64(3)34-49-73)91-25-16-28-94(100(91)104)110(88)76-54-39-67(6)40-55-76/h11-61H,1-10H3. The molecule has 6 aliphatic heterocycles. The van der Waals surface area contributed by atoms with Gasteiger partial charge in [-0.1, -0.05) is 214 Å². The first-order valence-corrected chi connectivity index (χ1v) is 39.0. The molecule has 524 valence electrons. The summed E-state index contributed by atoms with van der Waals surface area (Å²) in [5.41, 5.74) is 46.2. The van der Waals surface area contributed by atoms with Gasteiger partial charge in [-0.2, -0.15) is 0 Å². The van der Waals surface area contributed by atoms with Crippen molar-refractivity contribution in [3.05, 3.63) is 376 Å². The van der Waals surface area contributed by atoms with E-state index in [0.29, 0.717) is 0 Å². The topological polar surface area (TPSA) is 19.4 Å². The van der Waals surface area contributed by atoms with Gasteiger partial charge < -0.3 is 29.4 Å². The lowest BCUT2D eigenvalue weighted by Crippen LogP contribution is -2.66. The van der Waals surface area contributed by atoms with Gasteiger partial charge in [0.1, 0.15) is 0 Å². The van der Waals surface area contributed by atoms with Gasteiger partial charge in [0.25, 0.3) is 20.1 Å². The number of anilines is 18. The molecule has 9 heteroatoms. The average Bonchev–Trinajstić information content (AvgIpc) is 0.683. The second-order valence-corrected chi connectivity index (χ2v) is 32.0. The quantitative estimate of drug-likeness (QED) is 0.105. The summed E-state index contributed by atoms with van der Waals surface area (Å²) >= 11 is 0. The maximum atomic E-state index is 2.66. The molecule has 6 aliphatic rings. The maximum absolute atomic E-state index is 2.66. The second kappa shape index (κ2) is 24.7. The fourth-order valence-electron chi connectivity index (χ4n) is 19.9. The van der Waals surface area contributed by atoms with Gasteiger partial charge in [0.05, 0.1) is 0 Å². The minimum absolute atomic E-state index is 0.237. The maximum Gasteiger partial charge on any atom is 0.252 e. The first-order valence-electron chi connectivity index (χ1n) is 39.0. The van der Waals surface area contributed by atoms with E-state index in [9.17, 15) is 0 Å². The number of rotatable bonds is 9. The van der Waals surface area contributed by atoms with E-state index >= 15 is 0 Å². The van der Waals surface area contributed by atoms with Crippen LogP contribution in [0.3, 0.4) is 0 Å². The molecule has 0 saturated carbocycles. The Morgan fingerprint density at radius 2 is 0.355 bits per heavy atom. The van der Waals surface area contributed by atoms with Crippen LogP contribution in [0.15, 0.2) is 309 Å². The van der Waals surface area contributed by atoms with Crippen LogP contribution in [-0.4, -0.2) is 20.1 Å². The summed E-state index contributed by atoms with van der Waals surface area (Å²) in [6.07, 6.45) is 0. The summed E-state index contributed by atoms with van der Waals surface area (Å²) in [6, 6.07) is 121. The Bertz CT molecular complexity index is 5680. The van der Waals surface area contributed by atoms with Crippen molar-refractivity contribution in [1.82, 2.24) is 0 Å². The van der Waals surface area contributed by atoms with E-state index in [1.165, 1.54) is 184 Å². The van der Waals surface area contributed by atoms with Gasteiger partial charge in [-0.05, 0) is 281 Å². The summed E-state index contributed by atoms with van der Waals surface area (Å²) in [5, 5.41) is 0. The molecule has 0 aromatic heterocycles. The lowest BCUT2D eigenvalue weighted by Gasteiger charge is -2.50. The summed E-state index contributed by atoms with van der Waals surface area (Å²) in [7, 11) is 0. The molecule has 0 spiro atoms. The van der Waals surface area contributed by atoms with Crippen LogP contribution in [0.5, 0.6) is 0 Å². The predicted octanol–water partition coefficient (Wildman–Crippen LogP) is 20.1. The molecule has 0 N–H and O–H groups in total. The Hall–Kier alpha value is -12.7. The number of aryl methyl sites for hydroxylation is 9. The zero-order valence-electron chi connectivity index (χ0n) is 63.9. The van der Waals surface area contributed by atoms with E-state index < -0.39 is 5.41 Å². The molecule has 0 amide bonds. The first-order chi connectivity index (χ1) is 53.7. The molecule has 0 aliphatic carbocycles.